The van der Waals surface area contributed by atoms with Gasteiger partial charge in [-0.15, -0.1) is 0 Å². The summed E-state index contributed by atoms with van der Waals surface area (Å²) >= 11 is 6.03. The third-order valence-electron chi connectivity index (χ3n) is 3.01. The Morgan fingerprint density at radius 1 is 1.25 bits per heavy atom. The minimum Gasteiger partial charge on any atom is -0.497 e. The summed E-state index contributed by atoms with van der Waals surface area (Å²) < 4.78 is 31.7. The Labute approximate surface area is 120 Å². The summed E-state index contributed by atoms with van der Waals surface area (Å²) in [4.78, 5) is 0. The summed E-state index contributed by atoms with van der Waals surface area (Å²) in [6.07, 6.45) is -1.08. The normalized spacial score (nSPS) is 12.2. The zero-order chi connectivity index (χ0) is 14.7. The number of halogens is 3. The van der Waals surface area contributed by atoms with E-state index in [4.69, 9.17) is 16.3 Å². The van der Waals surface area contributed by atoms with Crippen LogP contribution in [-0.2, 0) is 6.42 Å². The van der Waals surface area contributed by atoms with Crippen LogP contribution in [0, 0.1) is 11.6 Å². The van der Waals surface area contributed by atoms with Crippen molar-refractivity contribution >= 4 is 11.6 Å². The lowest BCUT2D eigenvalue weighted by Crippen LogP contribution is -2.05. The van der Waals surface area contributed by atoms with Crippen LogP contribution in [0.2, 0.25) is 5.02 Å². The fourth-order valence-electron chi connectivity index (χ4n) is 1.93. The molecule has 0 heterocycles. The number of aliphatic hydroxyl groups excluding tert-OH is 1. The van der Waals surface area contributed by atoms with Gasteiger partial charge in [-0.2, -0.15) is 0 Å². The highest BCUT2D eigenvalue weighted by Crippen LogP contribution is 2.29. The molecule has 2 aromatic rings. The SMILES string of the molecule is COc1ccc(C(O)Cc2cccc(F)c2F)c(Cl)c1. The Balaban J connectivity index is 2.24. The third-order valence-corrected chi connectivity index (χ3v) is 3.34. The Bertz CT molecular complexity index is 617. The molecule has 1 N–H and O–H groups in total. The van der Waals surface area contributed by atoms with Gasteiger partial charge in [0.1, 0.15) is 5.75 Å². The van der Waals surface area contributed by atoms with Crippen molar-refractivity contribution in [1.82, 2.24) is 0 Å². The van der Waals surface area contributed by atoms with E-state index < -0.39 is 17.7 Å². The molecule has 0 fully saturated rings. The van der Waals surface area contributed by atoms with E-state index in [0.717, 1.165) is 6.07 Å². The summed E-state index contributed by atoms with van der Waals surface area (Å²) in [6, 6.07) is 8.66. The minimum absolute atomic E-state index is 0.0599. The van der Waals surface area contributed by atoms with Crippen molar-refractivity contribution in [2.45, 2.75) is 12.5 Å². The molecule has 0 amide bonds. The number of hydrogen-bond acceptors (Lipinski definition) is 2. The Morgan fingerprint density at radius 3 is 2.65 bits per heavy atom. The summed E-state index contributed by atoms with van der Waals surface area (Å²) in [5, 5.41) is 10.4. The second-order valence-corrected chi connectivity index (χ2v) is 4.73. The number of methoxy groups -OCH3 is 1. The molecule has 1 atom stereocenters. The lowest BCUT2D eigenvalue weighted by Gasteiger charge is -2.14. The molecule has 2 rings (SSSR count). The van der Waals surface area contributed by atoms with E-state index in [1.54, 1.807) is 18.2 Å². The maximum Gasteiger partial charge on any atom is 0.162 e. The molecule has 2 nitrogen and oxygen atoms in total. The van der Waals surface area contributed by atoms with Crippen LogP contribution < -0.4 is 4.74 Å². The number of benzene rings is 2. The van der Waals surface area contributed by atoms with Gasteiger partial charge in [-0.1, -0.05) is 29.8 Å². The van der Waals surface area contributed by atoms with Gasteiger partial charge in [0.25, 0.3) is 0 Å². The molecule has 1 unspecified atom stereocenters. The van der Waals surface area contributed by atoms with Gasteiger partial charge in [-0.05, 0) is 29.3 Å². The van der Waals surface area contributed by atoms with E-state index in [2.05, 4.69) is 0 Å². The molecule has 0 spiro atoms. The number of rotatable bonds is 4. The fraction of sp³-hybridized carbons (Fsp3) is 0.200. The average molecular weight is 299 g/mol. The van der Waals surface area contributed by atoms with E-state index in [9.17, 15) is 13.9 Å². The van der Waals surface area contributed by atoms with Gasteiger partial charge in [-0.25, -0.2) is 8.78 Å². The first-order valence-electron chi connectivity index (χ1n) is 5.97. The smallest absolute Gasteiger partial charge is 0.162 e. The first-order chi connectivity index (χ1) is 9.52. The molecular formula is C15H13ClF2O2. The van der Waals surface area contributed by atoms with Crippen molar-refractivity contribution in [2.24, 2.45) is 0 Å². The van der Waals surface area contributed by atoms with Crippen molar-refractivity contribution in [3.63, 3.8) is 0 Å². The molecule has 0 aliphatic rings. The molecule has 0 aromatic heterocycles. The molecule has 2 aromatic carbocycles. The molecule has 0 saturated heterocycles. The number of aliphatic hydroxyl groups is 1. The maximum absolute atomic E-state index is 13.6. The van der Waals surface area contributed by atoms with E-state index in [0.29, 0.717) is 16.3 Å². The molecule has 0 radical (unpaired) electrons. The van der Waals surface area contributed by atoms with Crippen molar-refractivity contribution in [3.8, 4) is 5.75 Å². The van der Waals surface area contributed by atoms with Crippen LogP contribution in [0.4, 0.5) is 8.78 Å². The highest BCUT2D eigenvalue weighted by Gasteiger charge is 2.16. The zero-order valence-electron chi connectivity index (χ0n) is 10.7. The van der Waals surface area contributed by atoms with Crippen LogP contribution in [0.1, 0.15) is 17.2 Å². The third kappa shape index (κ3) is 3.08. The van der Waals surface area contributed by atoms with Crippen LogP contribution in [0.25, 0.3) is 0 Å². The van der Waals surface area contributed by atoms with Crippen molar-refractivity contribution in [1.29, 1.82) is 0 Å². The van der Waals surface area contributed by atoms with Gasteiger partial charge in [0.15, 0.2) is 11.6 Å². The first kappa shape index (κ1) is 14.8. The summed E-state index contributed by atoms with van der Waals surface area (Å²) in [7, 11) is 1.50. The van der Waals surface area contributed by atoms with Gasteiger partial charge in [0, 0.05) is 6.42 Å². The zero-order valence-corrected chi connectivity index (χ0v) is 11.5. The standard InChI is InChI=1S/C15H13ClF2O2/c1-20-10-5-6-11(12(16)8-10)14(19)7-9-3-2-4-13(17)15(9)18/h2-6,8,14,19H,7H2,1H3. The second kappa shape index (κ2) is 6.20. The van der Waals surface area contributed by atoms with E-state index in [-0.39, 0.29) is 12.0 Å². The fourth-order valence-corrected chi connectivity index (χ4v) is 2.23. The van der Waals surface area contributed by atoms with E-state index >= 15 is 0 Å². The monoisotopic (exact) mass is 298 g/mol. The number of hydrogen-bond donors (Lipinski definition) is 1. The molecule has 0 saturated carbocycles. The highest BCUT2D eigenvalue weighted by atomic mass is 35.5. The second-order valence-electron chi connectivity index (χ2n) is 4.32. The Hall–Kier alpha value is -1.65. The molecule has 20 heavy (non-hydrogen) atoms. The van der Waals surface area contributed by atoms with Crippen molar-refractivity contribution in [2.75, 3.05) is 7.11 Å². The highest BCUT2D eigenvalue weighted by molar-refractivity contribution is 6.31. The lowest BCUT2D eigenvalue weighted by atomic mass is 10.0. The Kier molecular flexibility index (Phi) is 4.57. The summed E-state index contributed by atoms with van der Waals surface area (Å²) in [5.74, 6) is -1.32. The maximum atomic E-state index is 13.6. The van der Waals surface area contributed by atoms with Gasteiger partial charge in [0.05, 0.1) is 18.2 Å². The van der Waals surface area contributed by atoms with Crippen LogP contribution in [0.5, 0.6) is 5.75 Å². The van der Waals surface area contributed by atoms with Gasteiger partial charge >= 0.3 is 0 Å². The van der Waals surface area contributed by atoms with E-state index in [1.165, 1.54) is 19.2 Å². The molecule has 5 heteroatoms. The quantitative estimate of drug-likeness (QED) is 0.927. The van der Waals surface area contributed by atoms with Gasteiger partial charge in [-0.3, -0.25) is 0 Å². The average Bonchev–Trinajstić information content (AvgIpc) is 2.43. The topological polar surface area (TPSA) is 29.5 Å². The molecule has 0 bridgehead atoms. The minimum atomic E-state index is -1.02. The van der Waals surface area contributed by atoms with E-state index in [1.807, 2.05) is 0 Å². The molecular weight excluding hydrogens is 286 g/mol. The first-order valence-corrected chi connectivity index (χ1v) is 6.35. The molecule has 106 valence electrons. The predicted octanol–water partition coefficient (Wildman–Crippen LogP) is 3.90. The lowest BCUT2D eigenvalue weighted by molar-refractivity contribution is 0.177. The summed E-state index contributed by atoms with van der Waals surface area (Å²) in [6.45, 7) is 0. The van der Waals surface area contributed by atoms with Crippen molar-refractivity contribution in [3.05, 3.63) is 64.2 Å². The predicted molar refractivity (Wildman–Crippen MR) is 73.0 cm³/mol. The van der Waals surface area contributed by atoms with Crippen molar-refractivity contribution < 1.29 is 18.6 Å². The summed E-state index contributed by atoms with van der Waals surface area (Å²) in [5.41, 5.74) is 0.542. The van der Waals surface area contributed by atoms with Crippen LogP contribution >= 0.6 is 11.6 Å². The number of ether oxygens (including phenoxy) is 1. The Morgan fingerprint density at radius 2 is 2.00 bits per heavy atom. The van der Waals surface area contributed by atoms with Crippen LogP contribution in [0.3, 0.4) is 0 Å². The van der Waals surface area contributed by atoms with Gasteiger partial charge < -0.3 is 9.84 Å². The molecule has 0 aliphatic carbocycles. The molecule has 0 aliphatic heterocycles. The van der Waals surface area contributed by atoms with Crippen LogP contribution in [-0.4, -0.2) is 12.2 Å². The largest absolute Gasteiger partial charge is 0.497 e. The van der Waals surface area contributed by atoms with Crippen LogP contribution in [0.15, 0.2) is 36.4 Å². The van der Waals surface area contributed by atoms with Gasteiger partial charge in [0.2, 0.25) is 0 Å².